The zero-order valence-electron chi connectivity index (χ0n) is 16.5. The molecule has 154 valence electrons. The summed E-state index contributed by atoms with van der Waals surface area (Å²) in [7, 11) is 0. The third-order valence-electron chi connectivity index (χ3n) is 4.10. The van der Waals surface area contributed by atoms with E-state index in [4.69, 9.17) is 0 Å². The molecule has 8 heteroatoms. The minimum Gasteiger partial charge on any atom is -0.383 e. The Morgan fingerprint density at radius 2 is 1.52 bits per heavy atom. The fourth-order valence-corrected chi connectivity index (χ4v) is 3.11. The molecular weight excluding hydrogens is 386 g/mol. The van der Waals surface area contributed by atoms with Crippen molar-refractivity contribution in [3.63, 3.8) is 0 Å². The maximum absolute atomic E-state index is 14.1. The van der Waals surface area contributed by atoms with Gasteiger partial charge in [0.05, 0.1) is 17.0 Å². The van der Waals surface area contributed by atoms with Crippen LogP contribution in [0.5, 0.6) is 0 Å². The van der Waals surface area contributed by atoms with Crippen LogP contribution in [0.15, 0.2) is 29.1 Å². The van der Waals surface area contributed by atoms with Crippen molar-refractivity contribution in [2.45, 2.75) is 33.6 Å². The smallest absolute Gasteiger partial charge is 0.272 e. The summed E-state index contributed by atoms with van der Waals surface area (Å²) in [6, 6.07) is 3.38. The zero-order valence-corrected chi connectivity index (χ0v) is 16.5. The first-order valence-electron chi connectivity index (χ1n) is 9.06. The molecule has 0 fully saturated rings. The maximum atomic E-state index is 14.1. The molecule has 0 radical (unpaired) electrons. The van der Waals surface area contributed by atoms with Gasteiger partial charge in [0.15, 0.2) is 0 Å². The van der Waals surface area contributed by atoms with Gasteiger partial charge in [-0.05, 0) is 17.5 Å². The van der Waals surface area contributed by atoms with E-state index in [1.165, 1.54) is 6.07 Å². The predicted molar refractivity (Wildman–Crippen MR) is 104 cm³/mol. The highest BCUT2D eigenvalue weighted by atomic mass is 19.1. The van der Waals surface area contributed by atoms with E-state index in [1.54, 1.807) is 0 Å². The highest BCUT2D eigenvalue weighted by molar-refractivity contribution is 5.97. The average molecular weight is 407 g/mol. The van der Waals surface area contributed by atoms with E-state index >= 15 is 0 Å². The van der Waals surface area contributed by atoms with Gasteiger partial charge in [-0.1, -0.05) is 27.7 Å². The van der Waals surface area contributed by atoms with E-state index < -0.39 is 34.7 Å². The van der Waals surface area contributed by atoms with Crippen LogP contribution in [0.2, 0.25) is 0 Å². The lowest BCUT2D eigenvalue weighted by atomic mass is 9.88. The molecule has 0 saturated heterocycles. The van der Waals surface area contributed by atoms with Gasteiger partial charge < -0.3 is 5.32 Å². The maximum Gasteiger partial charge on any atom is 0.272 e. The van der Waals surface area contributed by atoms with Crippen LogP contribution in [0, 0.1) is 28.7 Å². The number of rotatable bonds is 1. The van der Waals surface area contributed by atoms with Crippen LogP contribution >= 0.6 is 0 Å². The fraction of sp³-hybridized carbons (Fsp3) is 0.333. The van der Waals surface area contributed by atoms with Crippen molar-refractivity contribution in [2.24, 2.45) is 5.41 Å². The topological polar surface area (TPSA) is 57.8 Å². The van der Waals surface area contributed by atoms with Gasteiger partial charge >= 0.3 is 0 Å². The summed E-state index contributed by atoms with van der Waals surface area (Å²) in [6.45, 7) is 8.77. The molecule has 29 heavy (non-hydrogen) atoms. The number of nitrogens with zero attached hydrogens (tertiary/aromatic N) is 1. The van der Waals surface area contributed by atoms with Gasteiger partial charge in [0.2, 0.25) is 0 Å². The molecule has 1 aromatic heterocycles. The normalized spacial score (nSPS) is 15.5. The molecule has 0 saturated carbocycles. The zero-order chi connectivity index (χ0) is 21.5. The number of aromatic nitrogens is 2. The van der Waals surface area contributed by atoms with E-state index in [-0.39, 0.29) is 23.2 Å². The van der Waals surface area contributed by atoms with Crippen molar-refractivity contribution in [1.29, 1.82) is 0 Å². The second kappa shape index (κ2) is 7.50. The third-order valence-corrected chi connectivity index (χ3v) is 4.10. The molecule has 1 aliphatic rings. The molecule has 3 aromatic rings. The number of hydrogen-bond donors (Lipinski definition) is 2. The SMILES string of the molecule is CC(C)(C)C.O=c1[nH]nc2c3c(cc(F)cc13)NCC2c1c(F)cc(F)cc1F. The Balaban J connectivity index is 0.000000431. The first-order valence-corrected chi connectivity index (χ1v) is 9.06. The van der Waals surface area contributed by atoms with E-state index in [9.17, 15) is 22.4 Å². The highest BCUT2D eigenvalue weighted by Crippen LogP contribution is 2.38. The quantitative estimate of drug-likeness (QED) is 0.553. The first-order chi connectivity index (χ1) is 13.5. The van der Waals surface area contributed by atoms with Crippen LogP contribution in [0.4, 0.5) is 23.2 Å². The van der Waals surface area contributed by atoms with Crippen molar-refractivity contribution in [3.05, 3.63) is 69.1 Å². The molecule has 1 unspecified atom stereocenters. The second-order valence-corrected chi connectivity index (χ2v) is 8.53. The Morgan fingerprint density at radius 3 is 2.10 bits per heavy atom. The van der Waals surface area contributed by atoms with Gasteiger partial charge in [0.25, 0.3) is 5.56 Å². The number of halogens is 4. The van der Waals surface area contributed by atoms with E-state index in [0.29, 0.717) is 28.6 Å². The lowest BCUT2D eigenvalue weighted by Crippen LogP contribution is -2.26. The number of aromatic amines is 1. The van der Waals surface area contributed by atoms with Crippen molar-refractivity contribution in [1.82, 2.24) is 10.2 Å². The van der Waals surface area contributed by atoms with Gasteiger partial charge in [-0.3, -0.25) is 4.79 Å². The Morgan fingerprint density at radius 1 is 0.966 bits per heavy atom. The van der Waals surface area contributed by atoms with Crippen LogP contribution in [0.25, 0.3) is 10.8 Å². The van der Waals surface area contributed by atoms with Gasteiger partial charge in [0, 0.05) is 35.3 Å². The molecule has 4 rings (SSSR count). The molecule has 1 atom stereocenters. The van der Waals surface area contributed by atoms with Gasteiger partial charge in [-0.15, -0.1) is 0 Å². The van der Waals surface area contributed by atoms with Crippen LogP contribution in [0.3, 0.4) is 0 Å². The summed E-state index contributed by atoms with van der Waals surface area (Å²) >= 11 is 0. The number of anilines is 1. The Bertz CT molecular complexity index is 1110. The first kappa shape index (κ1) is 20.8. The molecule has 0 spiro atoms. The van der Waals surface area contributed by atoms with E-state index in [1.807, 2.05) is 0 Å². The molecule has 0 bridgehead atoms. The van der Waals surface area contributed by atoms with Crippen molar-refractivity contribution >= 4 is 16.5 Å². The van der Waals surface area contributed by atoms with Crippen LogP contribution in [-0.2, 0) is 0 Å². The van der Waals surface area contributed by atoms with Crippen LogP contribution in [0.1, 0.15) is 44.9 Å². The lowest BCUT2D eigenvalue weighted by molar-refractivity contribution is 0.469. The van der Waals surface area contributed by atoms with Gasteiger partial charge in [0.1, 0.15) is 23.3 Å². The second-order valence-electron chi connectivity index (χ2n) is 8.53. The van der Waals surface area contributed by atoms with Crippen molar-refractivity contribution in [2.75, 3.05) is 11.9 Å². The Labute approximate surface area is 165 Å². The molecule has 1 aliphatic heterocycles. The highest BCUT2D eigenvalue weighted by Gasteiger charge is 2.30. The molecular formula is C21H21F4N3O. The largest absolute Gasteiger partial charge is 0.383 e. The molecule has 2 aromatic carbocycles. The minimum absolute atomic E-state index is 0.0179. The molecule has 0 aliphatic carbocycles. The monoisotopic (exact) mass is 407 g/mol. The van der Waals surface area contributed by atoms with Crippen molar-refractivity contribution in [3.8, 4) is 0 Å². The number of nitrogens with one attached hydrogen (secondary N) is 2. The van der Waals surface area contributed by atoms with Crippen LogP contribution in [-0.4, -0.2) is 16.7 Å². The summed E-state index contributed by atoms with van der Waals surface area (Å²) in [4.78, 5) is 11.9. The third kappa shape index (κ3) is 4.41. The summed E-state index contributed by atoms with van der Waals surface area (Å²) < 4.78 is 55.0. The summed E-state index contributed by atoms with van der Waals surface area (Å²) in [6.07, 6.45) is 0. The molecule has 4 nitrogen and oxygen atoms in total. The molecule has 0 amide bonds. The van der Waals surface area contributed by atoms with Crippen LogP contribution < -0.4 is 10.9 Å². The average Bonchev–Trinajstić information content (AvgIpc) is 2.56. The van der Waals surface area contributed by atoms with Gasteiger partial charge in [-0.25, -0.2) is 22.7 Å². The standard InChI is InChI=1S/C16H9F4N3O.C5H12/c17-6-1-8-14-12(4-6)21-5-9(15(14)22-23-16(8)24)13-10(19)2-7(18)3-11(13)20;1-5(2,3)4/h1-4,9,21H,5H2,(H,23,24);1-4H3. The van der Waals surface area contributed by atoms with Crippen molar-refractivity contribution < 1.29 is 17.6 Å². The Hall–Kier alpha value is -2.90. The van der Waals surface area contributed by atoms with Gasteiger partial charge in [-0.2, -0.15) is 5.10 Å². The predicted octanol–water partition coefficient (Wildman–Crippen LogP) is 5.09. The Kier molecular flexibility index (Phi) is 5.38. The van der Waals surface area contributed by atoms with E-state index in [0.717, 1.165) is 6.07 Å². The molecule has 2 N–H and O–H groups in total. The summed E-state index contributed by atoms with van der Waals surface area (Å²) in [5, 5.41) is 9.28. The minimum atomic E-state index is -1.05. The lowest BCUT2D eigenvalue weighted by Gasteiger charge is -2.26. The number of hydrogen-bond acceptors (Lipinski definition) is 3. The summed E-state index contributed by atoms with van der Waals surface area (Å²) in [5.74, 6) is -4.65. The van der Waals surface area contributed by atoms with E-state index in [2.05, 4.69) is 43.2 Å². The summed E-state index contributed by atoms with van der Waals surface area (Å²) in [5.41, 5.74) is 0.0391. The number of H-pyrrole nitrogens is 1. The fourth-order valence-electron chi connectivity index (χ4n) is 3.11. The number of benzene rings is 2. The molecule has 2 heterocycles.